The van der Waals surface area contributed by atoms with Crippen molar-refractivity contribution in [1.29, 1.82) is 0 Å². The Hall–Kier alpha value is -2.59. The van der Waals surface area contributed by atoms with E-state index in [1.165, 1.54) is 5.56 Å². The molecule has 0 aliphatic carbocycles. The number of hydrogen-bond donors (Lipinski definition) is 2. The van der Waals surface area contributed by atoms with E-state index in [0.29, 0.717) is 27.8 Å². The number of amides is 2. The van der Waals surface area contributed by atoms with Crippen LogP contribution in [0.4, 0.5) is 4.79 Å². The molecule has 0 unspecified atom stereocenters. The summed E-state index contributed by atoms with van der Waals surface area (Å²) in [6.07, 6.45) is 0. The molecule has 0 aromatic heterocycles. The summed E-state index contributed by atoms with van der Waals surface area (Å²) >= 11 is 5.92. The Morgan fingerprint density at radius 3 is 2.23 bits per heavy atom. The lowest BCUT2D eigenvalue weighted by molar-refractivity contribution is 0.102. The Morgan fingerprint density at radius 2 is 1.65 bits per heavy atom. The predicted molar refractivity (Wildman–Crippen MR) is 103 cm³/mol. The molecule has 1 heterocycles. The summed E-state index contributed by atoms with van der Waals surface area (Å²) in [4.78, 5) is 25.1. The van der Waals surface area contributed by atoms with Crippen molar-refractivity contribution in [2.24, 2.45) is 0 Å². The Balaban J connectivity index is 2.01. The third-order valence-electron chi connectivity index (χ3n) is 4.56. The van der Waals surface area contributed by atoms with E-state index in [9.17, 15) is 9.59 Å². The fraction of sp³-hybridized carbons (Fsp3) is 0.238. The van der Waals surface area contributed by atoms with E-state index in [1.807, 2.05) is 24.3 Å². The first-order valence-corrected chi connectivity index (χ1v) is 8.93. The first-order valence-electron chi connectivity index (χ1n) is 8.55. The molecular weight excluding hydrogens is 348 g/mol. The topological polar surface area (TPSA) is 58.2 Å². The smallest absolute Gasteiger partial charge is 0.319 e. The van der Waals surface area contributed by atoms with Gasteiger partial charge in [0.15, 0.2) is 5.78 Å². The zero-order valence-electron chi connectivity index (χ0n) is 15.0. The first-order chi connectivity index (χ1) is 12.4. The number of hydrogen-bond acceptors (Lipinski definition) is 2. The van der Waals surface area contributed by atoms with Crippen LogP contribution in [0.3, 0.4) is 0 Å². The molecule has 0 spiro atoms. The zero-order chi connectivity index (χ0) is 18.8. The minimum atomic E-state index is -0.492. The van der Waals surface area contributed by atoms with Crippen molar-refractivity contribution >= 4 is 23.4 Å². The van der Waals surface area contributed by atoms with E-state index < -0.39 is 6.04 Å². The number of carbonyl (C=O) groups is 2. The number of Topliss-reactive ketones (excluding diaryl/α,β-unsaturated/α-hetero) is 1. The highest BCUT2D eigenvalue weighted by atomic mass is 35.5. The second-order valence-electron chi connectivity index (χ2n) is 6.73. The minimum absolute atomic E-state index is 0.135. The molecule has 1 aliphatic heterocycles. The second kappa shape index (κ2) is 7.34. The van der Waals surface area contributed by atoms with Crippen molar-refractivity contribution in [3.63, 3.8) is 0 Å². The van der Waals surface area contributed by atoms with Crippen LogP contribution in [-0.4, -0.2) is 11.8 Å². The molecule has 2 aromatic carbocycles. The summed E-state index contributed by atoms with van der Waals surface area (Å²) in [5.41, 5.74) is 3.71. The molecule has 1 atom stereocenters. The number of ketones is 1. The molecule has 5 heteroatoms. The van der Waals surface area contributed by atoms with Gasteiger partial charge in [0.25, 0.3) is 0 Å². The normalized spacial score (nSPS) is 17.1. The Morgan fingerprint density at radius 1 is 1.04 bits per heavy atom. The molecule has 2 aromatic rings. The van der Waals surface area contributed by atoms with Crippen LogP contribution in [0.25, 0.3) is 0 Å². The molecule has 4 nitrogen and oxygen atoms in total. The van der Waals surface area contributed by atoms with Gasteiger partial charge in [0, 0.05) is 21.9 Å². The van der Waals surface area contributed by atoms with Gasteiger partial charge in [-0.05, 0) is 48.2 Å². The van der Waals surface area contributed by atoms with E-state index in [4.69, 9.17) is 11.6 Å². The lowest BCUT2D eigenvalue weighted by atomic mass is 9.88. The van der Waals surface area contributed by atoms with E-state index in [2.05, 4.69) is 24.5 Å². The number of halogens is 1. The van der Waals surface area contributed by atoms with Gasteiger partial charge in [-0.1, -0.05) is 49.7 Å². The maximum absolute atomic E-state index is 13.1. The van der Waals surface area contributed by atoms with Crippen molar-refractivity contribution in [3.8, 4) is 0 Å². The van der Waals surface area contributed by atoms with E-state index >= 15 is 0 Å². The Bertz CT molecular complexity index is 868. The second-order valence-corrected chi connectivity index (χ2v) is 7.16. The summed E-state index contributed by atoms with van der Waals surface area (Å²) in [5.74, 6) is 0.281. The predicted octanol–water partition coefficient (Wildman–Crippen LogP) is 4.97. The molecule has 2 amide bonds. The van der Waals surface area contributed by atoms with Gasteiger partial charge in [0.1, 0.15) is 0 Å². The van der Waals surface area contributed by atoms with Crippen molar-refractivity contribution in [3.05, 3.63) is 81.5 Å². The summed E-state index contributed by atoms with van der Waals surface area (Å²) in [7, 11) is 0. The lowest BCUT2D eigenvalue weighted by Crippen LogP contribution is -2.45. The van der Waals surface area contributed by atoms with Gasteiger partial charge in [-0.2, -0.15) is 0 Å². The molecule has 0 fully saturated rings. The highest BCUT2D eigenvalue weighted by molar-refractivity contribution is 6.30. The van der Waals surface area contributed by atoms with Crippen LogP contribution in [0.2, 0.25) is 5.02 Å². The SMILES string of the molecule is CC1=C(C(=O)c2ccc(Cl)cc2)[C@@H](c2ccc(C(C)C)cc2)NC(=O)N1. The highest BCUT2D eigenvalue weighted by Gasteiger charge is 2.31. The number of allylic oxidation sites excluding steroid dienone is 1. The zero-order valence-corrected chi connectivity index (χ0v) is 15.7. The fourth-order valence-corrected chi connectivity index (χ4v) is 3.20. The van der Waals surface area contributed by atoms with E-state index in [1.54, 1.807) is 31.2 Å². The molecule has 0 saturated heterocycles. The number of rotatable bonds is 4. The van der Waals surface area contributed by atoms with Crippen LogP contribution in [0, 0.1) is 0 Å². The number of urea groups is 1. The maximum atomic E-state index is 13.1. The molecule has 0 saturated carbocycles. The molecule has 0 bridgehead atoms. The molecule has 2 N–H and O–H groups in total. The lowest BCUT2D eigenvalue weighted by Gasteiger charge is -2.29. The van der Waals surface area contributed by atoms with E-state index in [-0.39, 0.29) is 11.8 Å². The third-order valence-corrected chi connectivity index (χ3v) is 4.81. The number of benzene rings is 2. The molecular formula is C21H21ClN2O2. The summed E-state index contributed by atoms with van der Waals surface area (Å²) < 4.78 is 0. The van der Waals surface area contributed by atoms with E-state index in [0.717, 1.165) is 5.56 Å². The number of carbonyl (C=O) groups excluding carboxylic acids is 2. The molecule has 0 radical (unpaired) electrons. The van der Waals surface area contributed by atoms with Crippen molar-refractivity contribution in [2.75, 3.05) is 0 Å². The molecule has 1 aliphatic rings. The largest absolute Gasteiger partial charge is 0.327 e. The summed E-state index contributed by atoms with van der Waals surface area (Å²) in [6, 6.07) is 14.0. The van der Waals surface area contributed by atoms with Crippen LogP contribution in [0.5, 0.6) is 0 Å². The van der Waals surface area contributed by atoms with Crippen LogP contribution in [-0.2, 0) is 0 Å². The van der Waals surface area contributed by atoms with Crippen LogP contribution < -0.4 is 10.6 Å². The van der Waals surface area contributed by atoms with Gasteiger partial charge in [0.05, 0.1) is 6.04 Å². The van der Waals surface area contributed by atoms with Gasteiger partial charge < -0.3 is 10.6 Å². The van der Waals surface area contributed by atoms with Crippen LogP contribution in [0.1, 0.15) is 54.2 Å². The molecule has 3 rings (SSSR count). The fourth-order valence-electron chi connectivity index (χ4n) is 3.08. The monoisotopic (exact) mass is 368 g/mol. The molecule has 26 heavy (non-hydrogen) atoms. The van der Waals surface area contributed by atoms with Gasteiger partial charge in [-0.25, -0.2) is 4.79 Å². The van der Waals surface area contributed by atoms with Crippen LogP contribution in [0.15, 0.2) is 59.8 Å². The minimum Gasteiger partial charge on any atom is -0.327 e. The summed E-state index contributed by atoms with van der Waals surface area (Å²) in [6.45, 7) is 6.00. The first kappa shape index (κ1) is 18.2. The standard InChI is InChI=1S/C21H21ClN2O2/c1-12(2)14-4-6-15(7-5-14)19-18(13(3)23-21(26)24-19)20(25)16-8-10-17(22)11-9-16/h4-12,19H,1-3H3,(H2,23,24,26)/t19-/m1/s1. The average Bonchev–Trinajstić information content (AvgIpc) is 2.61. The Labute approximate surface area is 158 Å². The molecule has 134 valence electrons. The van der Waals surface area contributed by atoms with Crippen molar-refractivity contribution in [1.82, 2.24) is 10.6 Å². The van der Waals surface area contributed by atoms with Gasteiger partial charge in [0.2, 0.25) is 0 Å². The summed E-state index contributed by atoms with van der Waals surface area (Å²) in [5, 5.41) is 6.14. The van der Waals surface area contributed by atoms with Crippen LogP contribution >= 0.6 is 11.6 Å². The number of nitrogens with one attached hydrogen (secondary N) is 2. The highest BCUT2D eigenvalue weighted by Crippen LogP contribution is 2.30. The average molecular weight is 369 g/mol. The maximum Gasteiger partial charge on any atom is 0.319 e. The van der Waals surface area contributed by atoms with Gasteiger partial charge >= 0.3 is 6.03 Å². The third kappa shape index (κ3) is 3.65. The van der Waals surface area contributed by atoms with Crippen molar-refractivity contribution < 1.29 is 9.59 Å². The quantitative estimate of drug-likeness (QED) is 0.748. The van der Waals surface area contributed by atoms with Crippen molar-refractivity contribution in [2.45, 2.75) is 32.7 Å². The van der Waals surface area contributed by atoms with Gasteiger partial charge in [-0.3, -0.25) is 4.79 Å². The Kier molecular flexibility index (Phi) is 5.14. The van der Waals surface area contributed by atoms with Gasteiger partial charge in [-0.15, -0.1) is 0 Å².